The van der Waals surface area contributed by atoms with Gasteiger partial charge >= 0.3 is 0 Å². The van der Waals surface area contributed by atoms with Gasteiger partial charge in [-0.3, -0.25) is 4.79 Å². The summed E-state index contributed by atoms with van der Waals surface area (Å²) in [5.41, 5.74) is 7.63. The largest absolute Gasteiger partial charge is 0.338 e. The fraction of sp³-hybridized carbons (Fsp3) is 0.562. The van der Waals surface area contributed by atoms with Gasteiger partial charge in [0, 0.05) is 19.1 Å². The van der Waals surface area contributed by atoms with Crippen LogP contribution in [0.2, 0.25) is 5.02 Å². The van der Waals surface area contributed by atoms with Gasteiger partial charge < -0.3 is 10.6 Å². The van der Waals surface area contributed by atoms with Crippen molar-refractivity contribution in [1.82, 2.24) is 4.90 Å². The molecule has 0 radical (unpaired) electrons. The molecule has 1 aromatic carbocycles. The van der Waals surface area contributed by atoms with Crippen LogP contribution in [0.1, 0.15) is 35.2 Å². The minimum Gasteiger partial charge on any atom is -0.338 e. The van der Waals surface area contributed by atoms with E-state index >= 15 is 0 Å². The van der Waals surface area contributed by atoms with Gasteiger partial charge in [0.15, 0.2) is 0 Å². The molecule has 3 nitrogen and oxygen atoms in total. The van der Waals surface area contributed by atoms with E-state index in [9.17, 15) is 4.79 Å². The number of likely N-dealkylation sites (tertiary alicyclic amines) is 1. The van der Waals surface area contributed by atoms with Gasteiger partial charge in [-0.15, -0.1) is 0 Å². The van der Waals surface area contributed by atoms with Crippen LogP contribution in [0.4, 0.5) is 0 Å². The van der Waals surface area contributed by atoms with E-state index in [1.54, 1.807) is 0 Å². The smallest absolute Gasteiger partial charge is 0.255 e. The summed E-state index contributed by atoms with van der Waals surface area (Å²) in [6.07, 6.45) is 3.29. The van der Waals surface area contributed by atoms with Crippen molar-refractivity contribution < 1.29 is 4.79 Å². The summed E-state index contributed by atoms with van der Waals surface area (Å²) in [4.78, 5) is 14.6. The summed E-state index contributed by atoms with van der Waals surface area (Å²) < 4.78 is 0. The fourth-order valence-electron chi connectivity index (χ4n) is 3.62. The van der Waals surface area contributed by atoms with E-state index in [0.717, 1.165) is 37.9 Å². The number of amides is 1. The highest BCUT2D eigenvalue weighted by molar-refractivity contribution is 6.34. The van der Waals surface area contributed by atoms with E-state index in [1.807, 2.05) is 30.0 Å². The van der Waals surface area contributed by atoms with Crippen molar-refractivity contribution in [3.8, 4) is 0 Å². The molecule has 108 valence electrons. The van der Waals surface area contributed by atoms with Gasteiger partial charge in [-0.05, 0) is 49.7 Å². The van der Waals surface area contributed by atoms with Gasteiger partial charge in [0.05, 0.1) is 10.6 Å². The molecule has 2 fully saturated rings. The highest BCUT2D eigenvalue weighted by Gasteiger charge is 2.39. The molecule has 2 N–H and O–H groups in total. The Bertz CT molecular complexity index is 531. The number of nitrogens with two attached hydrogens (primary N) is 1. The van der Waals surface area contributed by atoms with Crippen LogP contribution in [-0.4, -0.2) is 29.9 Å². The Morgan fingerprint density at radius 1 is 1.30 bits per heavy atom. The molecule has 1 aliphatic carbocycles. The predicted octanol–water partition coefficient (Wildman–Crippen LogP) is 2.85. The molecule has 1 saturated carbocycles. The molecule has 0 spiro atoms. The Hall–Kier alpha value is -1.06. The molecule has 1 aromatic rings. The summed E-state index contributed by atoms with van der Waals surface area (Å²) in [5.74, 6) is 1.27. The average Bonchev–Trinajstić information content (AvgIpc) is 2.84. The Kier molecular flexibility index (Phi) is 3.74. The SMILES string of the molecule is Cc1cccc(C(=O)N2C[C@H]3CCC(N)C[C@H]3C2)c1Cl. The number of hydrogen-bond donors (Lipinski definition) is 1. The first kappa shape index (κ1) is 13.9. The number of benzene rings is 1. The van der Waals surface area contributed by atoms with Crippen molar-refractivity contribution >= 4 is 17.5 Å². The first-order valence-electron chi connectivity index (χ1n) is 7.36. The Balaban J connectivity index is 1.77. The van der Waals surface area contributed by atoms with Crippen molar-refractivity contribution in [2.45, 2.75) is 32.2 Å². The highest BCUT2D eigenvalue weighted by Crippen LogP contribution is 2.36. The van der Waals surface area contributed by atoms with Crippen LogP contribution in [0, 0.1) is 18.8 Å². The second-order valence-electron chi connectivity index (χ2n) is 6.24. The maximum Gasteiger partial charge on any atom is 0.255 e. The van der Waals surface area contributed by atoms with Crippen molar-refractivity contribution in [3.63, 3.8) is 0 Å². The standard InChI is InChI=1S/C16H21ClN2O/c1-10-3-2-4-14(15(10)17)16(20)19-8-11-5-6-13(18)7-12(11)9-19/h2-4,11-13H,5-9,18H2,1H3/t11-,12+,13?/m1/s1. The molecule has 4 heteroatoms. The quantitative estimate of drug-likeness (QED) is 0.865. The molecule has 1 heterocycles. The number of carbonyl (C=O) groups is 1. The summed E-state index contributed by atoms with van der Waals surface area (Å²) in [6, 6.07) is 5.97. The van der Waals surface area contributed by atoms with E-state index in [-0.39, 0.29) is 5.91 Å². The van der Waals surface area contributed by atoms with Crippen molar-refractivity contribution in [3.05, 3.63) is 34.3 Å². The molecule has 1 aliphatic heterocycles. The summed E-state index contributed by atoms with van der Waals surface area (Å²) in [7, 11) is 0. The van der Waals surface area contributed by atoms with Gasteiger partial charge in [0.25, 0.3) is 5.91 Å². The summed E-state index contributed by atoms with van der Waals surface area (Å²) >= 11 is 6.28. The lowest BCUT2D eigenvalue weighted by Gasteiger charge is -2.27. The zero-order chi connectivity index (χ0) is 14.3. The minimum absolute atomic E-state index is 0.0710. The van der Waals surface area contributed by atoms with E-state index in [1.165, 1.54) is 0 Å². The predicted molar refractivity (Wildman–Crippen MR) is 80.9 cm³/mol. The second-order valence-corrected chi connectivity index (χ2v) is 6.62. The van der Waals surface area contributed by atoms with Crippen molar-refractivity contribution in [2.24, 2.45) is 17.6 Å². The maximum absolute atomic E-state index is 12.7. The van der Waals surface area contributed by atoms with E-state index < -0.39 is 0 Å². The first-order valence-corrected chi connectivity index (χ1v) is 7.74. The maximum atomic E-state index is 12.7. The van der Waals surface area contributed by atoms with Crippen molar-refractivity contribution in [1.29, 1.82) is 0 Å². The lowest BCUT2D eigenvalue weighted by atomic mass is 9.79. The van der Waals surface area contributed by atoms with E-state index in [0.29, 0.717) is 28.5 Å². The van der Waals surface area contributed by atoms with Crippen LogP contribution in [0.15, 0.2) is 18.2 Å². The third-order valence-electron chi connectivity index (χ3n) is 4.80. The van der Waals surface area contributed by atoms with E-state index in [4.69, 9.17) is 17.3 Å². The van der Waals surface area contributed by atoms with Crippen LogP contribution >= 0.6 is 11.6 Å². The van der Waals surface area contributed by atoms with Crippen LogP contribution < -0.4 is 5.73 Å². The van der Waals surface area contributed by atoms with Gasteiger partial charge in [-0.1, -0.05) is 23.7 Å². The minimum atomic E-state index is 0.0710. The van der Waals surface area contributed by atoms with Crippen LogP contribution in [0.3, 0.4) is 0 Å². The van der Waals surface area contributed by atoms with Crippen molar-refractivity contribution in [2.75, 3.05) is 13.1 Å². The van der Waals surface area contributed by atoms with Crippen LogP contribution in [0.5, 0.6) is 0 Å². The number of hydrogen-bond acceptors (Lipinski definition) is 2. The zero-order valence-corrected chi connectivity index (χ0v) is 12.6. The fourth-order valence-corrected chi connectivity index (χ4v) is 3.82. The second kappa shape index (κ2) is 5.38. The third-order valence-corrected chi connectivity index (χ3v) is 5.30. The first-order chi connectivity index (χ1) is 9.56. The van der Waals surface area contributed by atoms with Crippen LogP contribution in [0.25, 0.3) is 0 Å². The number of fused-ring (bicyclic) bond motifs is 1. The van der Waals surface area contributed by atoms with Gasteiger partial charge in [0.2, 0.25) is 0 Å². The molecular weight excluding hydrogens is 272 g/mol. The molecule has 20 heavy (non-hydrogen) atoms. The van der Waals surface area contributed by atoms with Gasteiger partial charge in [-0.25, -0.2) is 0 Å². The van der Waals surface area contributed by atoms with Crippen LogP contribution in [-0.2, 0) is 0 Å². The number of aryl methyl sites for hydroxylation is 1. The molecule has 1 saturated heterocycles. The number of halogens is 1. The topological polar surface area (TPSA) is 46.3 Å². The third kappa shape index (κ3) is 2.45. The number of rotatable bonds is 1. The monoisotopic (exact) mass is 292 g/mol. The Labute approximate surface area is 125 Å². The molecule has 2 aliphatic rings. The zero-order valence-electron chi connectivity index (χ0n) is 11.8. The Morgan fingerprint density at radius 2 is 2.05 bits per heavy atom. The molecule has 1 unspecified atom stereocenters. The molecule has 1 amide bonds. The molecule has 3 atom stereocenters. The lowest BCUT2D eigenvalue weighted by molar-refractivity contribution is 0.0784. The molecular formula is C16H21ClN2O. The van der Waals surface area contributed by atoms with Gasteiger partial charge in [-0.2, -0.15) is 0 Å². The molecule has 0 bridgehead atoms. The number of nitrogens with zero attached hydrogens (tertiary/aromatic N) is 1. The molecule has 3 rings (SSSR count). The van der Waals surface area contributed by atoms with E-state index in [2.05, 4.69) is 0 Å². The average molecular weight is 293 g/mol. The molecule has 0 aromatic heterocycles. The summed E-state index contributed by atoms with van der Waals surface area (Å²) in [5, 5.41) is 0.587. The lowest BCUT2D eigenvalue weighted by Crippen LogP contribution is -2.32. The Morgan fingerprint density at radius 3 is 2.85 bits per heavy atom. The summed E-state index contributed by atoms with van der Waals surface area (Å²) in [6.45, 7) is 3.63. The van der Waals surface area contributed by atoms with Gasteiger partial charge in [0.1, 0.15) is 0 Å². The number of carbonyl (C=O) groups excluding carboxylic acids is 1. The highest BCUT2D eigenvalue weighted by atomic mass is 35.5. The normalized spacial score (nSPS) is 29.4.